The second-order valence-corrected chi connectivity index (χ2v) is 5.65. The van der Waals surface area contributed by atoms with E-state index in [1.54, 1.807) is 0 Å². The average Bonchev–Trinajstić information content (AvgIpc) is 2.91. The summed E-state index contributed by atoms with van der Waals surface area (Å²) >= 11 is 0. The summed E-state index contributed by atoms with van der Waals surface area (Å²) in [6, 6.07) is 15.9. The summed E-state index contributed by atoms with van der Waals surface area (Å²) in [5, 5.41) is 0. The van der Waals surface area contributed by atoms with Crippen LogP contribution >= 0.6 is 0 Å². The molecule has 0 aromatic heterocycles. The Hall–Kier alpha value is -2.13. The van der Waals surface area contributed by atoms with Crippen molar-refractivity contribution in [2.45, 2.75) is 25.8 Å². The minimum absolute atomic E-state index is 0.107. The van der Waals surface area contributed by atoms with Crippen molar-refractivity contribution in [2.24, 2.45) is 5.73 Å². The van der Waals surface area contributed by atoms with Gasteiger partial charge in [-0.05, 0) is 36.1 Å². The first-order valence-corrected chi connectivity index (χ1v) is 7.35. The minimum atomic E-state index is -0.243. The lowest BCUT2D eigenvalue weighted by Crippen LogP contribution is -2.31. The highest BCUT2D eigenvalue weighted by Crippen LogP contribution is 2.30. The van der Waals surface area contributed by atoms with E-state index in [1.807, 2.05) is 35.2 Å². The minimum Gasteiger partial charge on any atom is -0.324 e. The van der Waals surface area contributed by atoms with Gasteiger partial charge in [-0.15, -0.1) is 0 Å². The van der Waals surface area contributed by atoms with E-state index in [2.05, 4.69) is 25.1 Å². The number of benzene rings is 2. The molecular formula is C18H20N2O. The molecule has 0 fully saturated rings. The van der Waals surface area contributed by atoms with E-state index in [4.69, 9.17) is 5.73 Å². The van der Waals surface area contributed by atoms with Crippen molar-refractivity contribution in [1.82, 2.24) is 0 Å². The maximum atomic E-state index is 12.5. The highest BCUT2D eigenvalue weighted by molar-refractivity contribution is 5.96. The lowest BCUT2D eigenvalue weighted by Gasteiger charge is -2.20. The van der Waals surface area contributed by atoms with E-state index in [-0.39, 0.29) is 11.9 Å². The number of hydrogen-bond acceptors (Lipinski definition) is 2. The molecule has 3 rings (SSSR count). The number of nitrogens with two attached hydrogens (primary N) is 1. The molecule has 2 aromatic carbocycles. The zero-order valence-corrected chi connectivity index (χ0v) is 12.3. The Morgan fingerprint density at radius 3 is 2.76 bits per heavy atom. The van der Waals surface area contributed by atoms with Crippen LogP contribution in [0.1, 0.15) is 29.2 Å². The van der Waals surface area contributed by atoms with Gasteiger partial charge in [0.2, 0.25) is 5.91 Å². The molecule has 1 amide bonds. The van der Waals surface area contributed by atoms with Gasteiger partial charge in [0.1, 0.15) is 0 Å². The van der Waals surface area contributed by atoms with E-state index < -0.39 is 0 Å². The normalized spacial score (nSPS) is 14.9. The molecule has 2 N–H and O–H groups in total. The maximum Gasteiger partial charge on any atom is 0.228 e. The number of carbonyl (C=O) groups excluding carboxylic acids is 1. The molecule has 0 aliphatic carbocycles. The molecule has 1 aliphatic rings. The van der Waals surface area contributed by atoms with Crippen molar-refractivity contribution in [3.63, 3.8) is 0 Å². The smallest absolute Gasteiger partial charge is 0.228 e. The fourth-order valence-electron chi connectivity index (χ4n) is 2.86. The molecule has 0 spiro atoms. The van der Waals surface area contributed by atoms with Gasteiger partial charge >= 0.3 is 0 Å². The van der Waals surface area contributed by atoms with Gasteiger partial charge in [0, 0.05) is 24.7 Å². The van der Waals surface area contributed by atoms with Crippen LogP contribution in [0, 0.1) is 6.92 Å². The molecule has 1 aliphatic heterocycles. The van der Waals surface area contributed by atoms with Crippen LogP contribution in [0.15, 0.2) is 48.5 Å². The molecule has 0 saturated heterocycles. The van der Waals surface area contributed by atoms with Gasteiger partial charge in [-0.25, -0.2) is 0 Å². The Kier molecular flexibility index (Phi) is 3.76. The van der Waals surface area contributed by atoms with Gasteiger partial charge < -0.3 is 10.6 Å². The maximum absolute atomic E-state index is 12.5. The van der Waals surface area contributed by atoms with E-state index in [1.165, 1.54) is 11.1 Å². The summed E-state index contributed by atoms with van der Waals surface area (Å²) in [4.78, 5) is 14.4. The second kappa shape index (κ2) is 5.70. The van der Waals surface area contributed by atoms with Crippen molar-refractivity contribution in [3.8, 4) is 0 Å². The van der Waals surface area contributed by atoms with Crippen LogP contribution in [0.2, 0.25) is 0 Å². The summed E-state index contributed by atoms with van der Waals surface area (Å²) in [5.74, 6) is 0.107. The highest BCUT2D eigenvalue weighted by atomic mass is 16.2. The molecule has 0 radical (unpaired) electrons. The van der Waals surface area contributed by atoms with Gasteiger partial charge in [0.15, 0.2) is 0 Å². The summed E-state index contributed by atoms with van der Waals surface area (Å²) in [6.45, 7) is 2.82. The Morgan fingerprint density at radius 1 is 1.24 bits per heavy atom. The fraction of sp³-hybridized carbons (Fsp3) is 0.278. The molecule has 2 aromatic rings. The molecule has 0 bridgehead atoms. The third kappa shape index (κ3) is 2.83. The van der Waals surface area contributed by atoms with Crippen molar-refractivity contribution < 1.29 is 4.79 Å². The standard InChI is InChI=1S/C18H20N2O/c1-13-7-8-15-9-10-20(17(15)11-13)18(21)12-16(19)14-5-3-2-4-6-14/h2-8,11,16H,9-10,12,19H2,1H3/t16-/m0/s1. The zero-order valence-electron chi connectivity index (χ0n) is 12.3. The molecule has 1 heterocycles. The number of rotatable bonds is 3. The van der Waals surface area contributed by atoms with Crippen LogP contribution in [0.3, 0.4) is 0 Å². The Balaban J connectivity index is 1.75. The third-order valence-electron chi connectivity index (χ3n) is 4.06. The van der Waals surface area contributed by atoms with Gasteiger partial charge in [-0.1, -0.05) is 42.5 Å². The number of fused-ring (bicyclic) bond motifs is 1. The summed E-state index contributed by atoms with van der Waals surface area (Å²) < 4.78 is 0. The monoisotopic (exact) mass is 280 g/mol. The average molecular weight is 280 g/mol. The van der Waals surface area contributed by atoms with Crippen molar-refractivity contribution in [3.05, 3.63) is 65.2 Å². The lowest BCUT2D eigenvalue weighted by atomic mass is 10.0. The lowest BCUT2D eigenvalue weighted by molar-refractivity contribution is -0.118. The molecule has 3 nitrogen and oxygen atoms in total. The molecule has 108 valence electrons. The van der Waals surface area contributed by atoms with E-state index in [0.717, 1.165) is 24.2 Å². The van der Waals surface area contributed by atoms with Gasteiger partial charge in [0.05, 0.1) is 0 Å². The van der Waals surface area contributed by atoms with Crippen molar-refractivity contribution in [2.75, 3.05) is 11.4 Å². The zero-order chi connectivity index (χ0) is 14.8. The first kappa shape index (κ1) is 13.8. The first-order chi connectivity index (χ1) is 10.1. The molecular weight excluding hydrogens is 260 g/mol. The number of carbonyl (C=O) groups is 1. The van der Waals surface area contributed by atoms with Crippen LogP contribution in [0.25, 0.3) is 0 Å². The Morgan fingerprint density at radius 2 is 2.00 bits per heavy atom. The predicted octanol–water partition coefficient (Wildman–Crippen LogP) is 2.97. The number of aryl methyl sites for hydroxylation is 1. The molecule has 1 atom stereocenters. The van der Waals surface area contributed by atoms with Gasteiger partial charge in [0.25, 0.3) is 0 Å². The number of anilines is 1. The Bertz CT molecular complexity index is 652. The third-order valence-corrected chi connectivity index (χ3v) is 4.06. The largest absolute Gasteiger partial charge is 0.324 e. The van der Waals surface area contributed by atoms with Crippen molar-refractivity contribution >= 4 is 11.6 Å². The van der Waals surface area contributed by atoms with Gasteiger partial charge in [-0.2, -0.15) is 0 Å². The fourth-order valence-corrected chi connectivity index (χ4v) is 2.86. The van der Waals surface area contributed by atoms with Crippen LogP contribution in [0.4, 0.5) is 5.69 Å². The Labute approximate surface area is 125 Å². The van der Waals surface area contributed by atoms with Gasteiger partial charge in [-0.3, -0.25) is 4.79 Å². The van der Waals surface area contributed by atoms with Crippen LogP contribution in [-0.4, -0.2) is 12.5 Å². The topological polar surface area (TPSA) is 46.3 Å². The predicted molar refractivity (Wildman–Crippen MR) is 85.2 cm³/mol. The van der Waals surface area contributed by atoms with E-state index in [9.17, 15) is 4.79 Å². The number of amides is 1. The second-order valence-electron chi connectivity index (χ2n) is 5.65. The van der Waals surface area contributed by atoms with Crippen LogP contribution in [0.5, 0.6) is 0 Å². The quantitative estimate of drug-likeness (QED) is 0.939. The molecule has 21 heavy (non-hydrogen) atoms. The first-order valence-electron chi connectivity index (χ1n) is 7.35. The number of hydrogen-bond donors (Lipinski definition) is 1. The SMILES string of the molecule is Cc1ccc2c(c1)N(C(=O)C[C@H](N)c1ccccc1)CC2. The van der Waals surface area contributed by atoms with Crippen LogP contribution in [-0.2, 0) is 11.2 Å². The number of nitrogens with zero attached hydrogens (tertiary/aromatic N) is 1. The summed E-state index contributed by atoms with van der Waals surface area (Å²) in [7, 11) is 0. The van der Waals surface area contributed by atoms with E-state index in [0.29, 0.717) is 6.42 Å². The summed E-state index contributed by atoms with van der Waals surface area (Å²) in [5.41, 5.74) is 10.7. The molecule has 0 unspecified atom stereocenters. The molecule has 0 saturated carbocycles. The van der Waals surface area contributed by atoms with Crippen molar-refractivity contribution in [1.29, 1.82) is 0 Å². The highest BCUT2D eigenvalue weighted by Gasteiger charge is 2.25. The van der Waals surface area contributed by atoms with E-state index >= 15 is 0 Å². The summed E-state index contributed by atoms with van der Waals surface area (Å²) in [6.07, 6.45) is 1.28. The molecule has 3 heteroatoms. The van der Waals surface area contributed by atoms with Crippen LogP contribution < -0.4 is 10.6 Å².